The van der Waals surface area contributed by atoms with Gasteiger partial charge in [-0.25, -0.2) is 13.1 Å². The van der Waals surface area contributed by atoms with Crippen LogP contribution >= 0.6 is 11.6 Å². The van der Waals surface area contributed by atoms with Crippen molar-refractivity contribution in [2.24, 2.45) is 0 Å². The highest BCUT2D eigenvalue weighted by molar-refractivity contribution is 7.89. The largest absolute Gasteiger partial charge is 0.399 e. The summed E-state index contributed by atoms with van der Waals surface area (Å²) in [6, 6.07) is 4.25. The third-order valence-corrected chi connectivity index (χ3v) is 4.28. The Balaban J connectivity index is 3.12. The molecule has 0 heterocycles. The van der Waals surface area contributed by atoms with Crippen LogP contribution in [0.25, 0.3) is 0 Å². The summed E-state index contributed by atoms with van der Waals surface area (Å²) in [5, 5.41) is 0.171. The van der Waals surface area contributed by atoms with Crippen LogP contribution in [0.2, 0.25) is 5.02 Å². The van der Waals surface area contributed by atoms with E-state index in [1.54, 1.807) is 13.0 Å². The Morgan fingerprint density at radius 3 is 2.69 bits per heavy atom. The predicted molar refractivity (Wildman–Crippen MR) is 65.9 cm³/mol. The van der Waals surface area contributed by atoms with Crippen LogP contribution in [-0.4, -0.2) is 14.5 Å². The van der Waals surface area contributed by atoms with Gasteiger partial charge in [-0.1, -0.05) is 18.5 Å². The molecule has 0 saturated heterocycles. The van der Waals surface area contributed by atoms with Crippen LogP contribution in [0, 0.1) is 0 Å². The first-order chi connectivity index (χ1) is 7.36. The molecule has 90 valence electrons. The molecule has 0 radical (unpaired) electrons. The summed E-state index contributed by atoms with van der Waals surface area (Å²) in [6.07, 6.45) is 0.708. The lowest BCUT2D eigenvalue weighted by molar-refractivity contribution is 0.556. The molecule has 1 atom stereocenters. The minimum atomic E-state index is -3.59. The van der Waals surface area contributed by atoms with E-state index in [0.717, 1.165) is 0 Å². The number of rotatable bonds is 4. The molecule has 1 rings (SSSR count). The highest BCUT2D eigenvalue weighted by Gasteiger charge is 2.19. The second-order valence-electron chi connectivity index (χ2n) is 3.62. The summed E-state index contributed by atoms with van der Waals surface area (Å²) in [4.78, 5) is 0.0227. The number of hydrogen-bond acceptors (Lipinski definition) is 3. The lowest BCUT2D eigenvalue weighted by atomic mass is 10.3. The molecule has 0 aliphatic rings. The highest BCUT2D eigenvalue weighted by Crippen LogP contribution is 2.23. The van der Waals surface area contributed by atoms with E-state index in [1.807, 2.05) is 6.92 Å². The number of nitrogen functional groups attached to an aromatic ring is 1. The van der Waals surface area contributed by atoms with E-state index in [4.69, 9.17) is 17.3 Å². The SMILES string of the molecule is CCC(C)NS(=O)(=O)c1cc(N)ccc1Cl. The van der Waals surface area contributed by atoms with E-state index in [1.165, 1.54) is 12.1 Å². The summed E-state index contributed by atoms with van der Waals surface area (Å²) < 4.78 is 26.4. The maximum absolute atomic E-state index is 11.9. The van der Waals surface area contributed by atoms with Gasteiger partial charge in [0.25, 0.3) is 0 Å². The van der Waals surface area contributed by atoms with E-state index in [0.29, 0.717) is 12.1 Å². The molecule has 1 aromatic rings. The third-order valence-electron chi connectivity index (χ3n) is 2.21. The standard InChI is InChI=1S/C10H15ClN2O2S/c1-3-7(2)13-16(14,15)10-6-8(12)4-5-9(10)11/h4-7,13H,3,12H2,1-2H3. The van der Waals surface area contributed by atoms with Gasteiger partial charge in [-0.2, -0.15) is 0 Å². The van der Waals surface area contributed by atoms with Gasteiger partial charge in [-0.05, 0) is 31.5 Å². The summed E-state index contributed by atoms with van der Waals surface area (Å²) >= 11 is 5.83. The fourth-order valence-electron chi connectivity index (χ4n) is 1.14. The monoisotopic (exact) mass is 262 g/mol. The fraction of sp³-hybridized carbons (Fsp3) is 0.400. The van der Waals surface area contributed by atoms with Crippen LogP contribution < -0.4 is 10.5 Å². The average molecular weight is 263 g/mol. The maximum Gasteiger partial charge on any atom is 0.242 e. The molecular formula is C10H15ClN2O2S. The summed E-state index contributed by atoms with van der Waals surface area (Å²) in [6.45, 7) is 3.69. The van der Waals surface area contributed by atoms with Gasteiger partial charge in [-0.3, -0.25) is 0 Å². The number of sulfonamides is 1. The Hall–Kier alpha value is -0.780. The van der Waals surface area contributed by atoms with Crippen molar-refractivity contribution in [3.63, 3.8) is 0 Å². The van der Waals surface area contributed by atoms with E-state index >= 15 is 0 Å². The zero-order valence-corrected chi connectivity index (χ0v) is 10.8. The molecule has 4 nitrogen and oxygen atoms in total. The molecule has 1 unspecified atom stereocenters. The van der Waals surface area contributed by atoms with Crippen molar-refractivity contribution in [1.29, 1.82) is 0 Å². The summed E-state index contributed by atoms with van der Waals surface area (Å²) in [7, 11) is -3.59. The lowest BCUT2D eigenvalue weighted by Crippen LogP contribution is -2.32. The minimum Gasteiger partial charge on any atom is -0.399 e. The zero-order valence-electron chi connectivity index (χ0n) is 9.20. The number of anilines is 1. The Kier molecular flexibility index (Phi) is 4.18. The van der Waals surface area contributed by atoms with Gasteiger partial charge in [0.05, 0.1) is 5.02 Å². The molecule has 16 heavy (non-hydrogen) atoms. The minimum absolute atomic E-state index is 0.0227. The Morgan fingerprint density at radius 2 is 2.12 bits per heavy atom. The van der Waals surface area contributed by atoms with E-state index in [-0.39, 0.29) is 16.0 Å². The van der Waals surface area contributed by atoms with Crippen molar-refractivity contribution >= 4 is 27.3 Å². The number of nitrogens with two attached hydrogens (primary N) is 1. The molecule has 1 aromatic carbocycles. The first kappa shape index (κ1) is 13.3. The van der Waals surface area contributed by atoms with Crippen molar-refractivity contribution in [2.75, 3.05) is 5.73 Å². The van der Waals surface area contributed by atoms with E-state index < -0.39 is 10.0 Å². The van der Waals surface area contributed by atoms with Gasteiger partial charge in [0.15, 0.2) is 0 Å². The van der Waals surface area contributed by atoms with Crippen molar-refractivity contribution in [3.8, 4) is 0 Å². The topological polar surface area (TPSA) is 72.2 Å². The number of hydrogen-bond donors (Lipinski definition) is 2. The highest BCUT2D eigenvalue weighted by atomic mass is 35.5. The third kappa shape index (κ3) is 3.10. The Bertz CT molecular complexity index is 474. The van der Waals surface area contributed by atoms with Crippen molar-refractivity contribution < 1.29 is 8.42 Å². The molecule has 0 bridgehead atoms. The molecule has 0 aliphatic heterocycles. The second-order valence-corrected chi connectivity index (χ2v) is 5.71. The van der Waals surface area contributed by atoms with Crippen LogP contribution in [0.15, 0.2) is 23.1 Å². The first-order valence-corrected chi connectivity index (χ1v) is 6.80. The molecule has 0 fully saturated rings. The molecule has 6 heteroatoms. The van der Waals surface area contributed by atoms with Crippen molar-refractivity contribution in [1.82, 2.24) is 4.72 Å². The summed E-state index contributed by atoms with van der Waals surface area (Å²) in [5.41, 5.74) is 5.91. The smallest absolute Gasteiger partial charge is 0.242 e. The summed E-state index contributed by atoms with van der Waals surface area (Å²) in [5.74, 6) is 0. The molecule has 0 saturated carbocycles. The van der Waals surface area contributed by atoms with Crippen molar-refractivity contribution in [3.05, 3.63) is 23.2 Å². The fourth-order valence-corrected chi connectivity index (χ4v) is 3.00. The number of benzene rings is 1. The number of nitrogens with one attached hydrogen (secondary N) is 1. The van der Waals surface area contributed by atoms with Crippen LogP contribution in [0.4, 0.5) is 5.69 Å². The maximum atomic E-state index is 11.9. The predicted octanol–water partition coefficient (Wildman–Crippen LogP) is 2.00. The molecule has 0 spiro atoms. The lowest BCUT2D eigenvalue weighted by Gasteiger charge is -2.13. The van der Waals surface area contributed by atoms with Crippen LogP contribution in [0.3, 0.4) is 0 Å². The Labute approximate surface area is 101 Å². The zero-order chi connectivity index (χ0) is 12.3. The molecule has 0 aliphatic carbocycles. The van der Waals surface area contributed by atoms with Crippen molar-refractivity contribution in [2.45, 2.75) is 31.2 Å². The first-order valence-electron chi connectivity index (χ1n) is 4.94. The van der Waals surface area contributed by atoms with Gasteiger partial charge in [0.2, 0.25) is 10.0 Å². The van der Waals surface area contributed by atoms with Gasteiger partial charge in [0.1, 0.15) is 4.90 Å². The van der Waals surface area contributed by atoms with Gasteiger partial charge in [-0.15, -0.1) is 0 Å². The van der Waals surface area contributed by atoms with Crippen LogP contribution in [0.5, 0.6) is 0 Å². The molecule has 0 amide bonds. The second kappa shape index (κ2) is 5.03. The van der Waals surface area contributed by atoms with E-state index in [9.17, 15) is 8.42 Å². The quantitative estimate of drug-likeness (QED) is 0.816. The Morgan fingerprint density at radius 1 is 1.50 bits per heavy atom. The van der Waals surface area contributed by atoms with E-state index in [2.05, 4.69) is 4.72 Å². The van der Waals surface area contributed by atoms with Gasteiger partial charge < -0.3 is 5.73 Å². The number of halogens is 1. The van der Waals surface area contributed by atoms with Crippen LogP contribution in [-0.2, 0) is 10.0 Å². The van der Waals surface area contributed by atoms with Crippen LogP contribution in [0.1, 0.15) is 20.3 Å². The normalized spacial score (nSPS) is 13.7. The molecular weight excluding hydrogens is 248 g/mol. The molecule has 3 N–H and O–H groups in total. The molecule has 0 aromatic heterocycles. The average Bonchev–Trinajstić information content (AvgIpc) is 2.20. The van der Waals surface area contributed by atoms with Gasteiger partial charge >= 0.3 is 0 Å². The van der Waals surface area contributed by atoms with Gasteiger partial charge in [0, 0.05) is 11.7 Å².